The Hall–Kier alpha value is -2.93. The number of carbonyl (C=O) groups is 1. The molecule has 0 radical (unpaired) electrons. The zero-order valence-corrected chi connectivity index (χ0v) is 13.8. The number of ether oxygens (including phenoxy) is 2. The SMILES string of the molecule is COc1ccc(-c2nnc(COC(=O)c3c(F)cccc3Cl)o2)cc1. The van der Waals surface area contributed by atoms with Crippen LogP contribution in [0.25, 0.3) is 11.5 Å². The minimum absolute atomic E-state index is 0.0329. The molecule has 0 N–H and O–H groups in total. The Morgan fingerprint density at radius 2 is 1.96 bits per heavy atom. The molecule has 2 aromatic carbocycles. The van der Waals surface area contributed by atoms with Crippen molar-refractivity contribution in [3.05, 3.63) is 64.8 Å². The third-order valence-corrected chi connectivity index (χ3v) is 3.61. The van der Waals surface area contributed by atoms with Crippen molar-refractivity contribution in [1.82, 2.24) is 10.2 Å². The molecule has 0 bridgehead atoms. The van der Waals surface area contributed by atoms with Crippen molar-refractivity contribution in [3.63, 3.8) is 0 Å². The highest BCUT2D eigenvalue weighted by Gasteiger charge is 2.18. The first-order valence-corrected chi connectivity index (χ1v) is 7.54. The number of rotatable bonds is 5. The van der Waals surface area contributed by atoms with Gasteiger partial charge in [-0.05, 0) is 36.4 Å². The lowest BCUT2D eigenvalue weighted by molar-refractivity contribution is 0.0433. The van der Waals surface area contributed by atoms with Gasteiger partial charge in [0, 0.05) is 5.56 Å². The van der Waals surface area contributed by atoms with Crippen LogP contribution in [0.1, 0.15) is 16.2 Å². The highest BCUT2D eigenvalue weighted by atomic mass is 35.5. The summed E-state index contributed by atoms with van der Waals surface area (Å²) < 4.78 is 29.1. The van der Waals surface area contributed by atoms with Gasteiger partial charge in [0.15, 0.2) is 6.61 Å². The van der Waals surface area contributed by atoms with Crippen LogP contribution in [0.15, 0.2) is 46.9 Å². The Balaban J connectivity index is 1.68. The van der Waals surface area contributed by atoms with Gasteiger partial charge in [-0.1, -0.05) is 17.7 Å². The van der Waals surface area contributed by atoms with Crippen molar-refractivity contribution >= 4 is 17.6 Å². The van der Waals surface area contributed by atoms with Crippen LogP contribution in [0.5, 0.6) is 5.75 Å². The van der Waals surface area contributed by atoms with Crippen molar-refractivity contribution in [1.29, 1.82) is 0 Å². The molecule has 0 unspecified atom stereocenters. The fourth-order valence-electron chi connectivity index (χ4n) is 2.05. The molecule has 8 heteroatoms. The van der Waals surface area contributed by atoms with Crippen molar-refractivity contribution in [2.75, 3.05) is 7.11 Å². The standard InChI is InChI=1S/C17H12ClFN2O4/c1-23-11-7-5-10(6-8-11)16-21-20-14(25-16)9-24-17(22)15-12(18)3-2-4-13(15)19/h2-8H,9H2,1H3. The molecule has 0 fully saturated rings. The van der Waals surface area contributed by atoms with Gasteiger partial charge < -0.3 is 13.9 Å². The van der Waals surface area contributed by atoms with E-state index in [9.17, 15) is 9.18 Å². The van der Waals surface area contributed by atoms with E-state index in [0.29, 0.717) is 11.3 Å². The Morgan fingerprint density at radius 1 is 1.20 bits per heavy atom. The van der Waals surface area contributed by atoms with Gasteiger partial charge in [-0.2, -0.15) is 0 Å². The maximum absolute atomic E-state index is 13.7. The van der Waals surface area contributed by atoms with Crippen molar-refractivity contribution in [2.45, 2.75) is 6.61 Å². The molecular formula is C17H12ClFN2O4. The largest absolute Gasteiger partial charge is 0.497 e. The highest BCUT2D eigenvalue weighted by molar-refractivity contribution is 6.33. The number of esters is 1. The van der Waals surface area contributed by atoms with Gasteiger partial charge >= 0.3 is 5.97 Å². The summed E-state index contributed by atoms with van der Waals surface area (Å²) in [6.45, 7) is -0.299. The number of hydrogen-bond acceptors (Lipinski definition) is 6. The normalized spacial score (nSPS) is 10.5. The van der Waals surface area contributed by atoms with Crippen molar-refractivity contribution in [3.8, 4) is 17.2 Å². The second kappa shape index (κ2) is 7.31. The van der Waals surface area contributed by atoms with Gasteiger partial charge in [0.25, 0.3) is 5.89 Å². The first kappa shape index (κ1) is 16.9. The quantitative estimate of drug-likeness (QED) is 0.641. The van der Waals surface area contributed by atoms with Gasteiger partial charge in [-0.3, -0.25) is 0 Å². The lowest BCUT2D eigenvalue weighted by atomic mass is 10.2. The molecule has 128 valence electrons. The molecule has 0 aliphatic heterocycles. The summed E-state index contributed by atoms with van der Waals surface area (Å²) in [7, 11) is 1.57. The zero-order chi connectivity index (χ0) is 17.8. The molecule has 6 nitrogen and oxygen atoms in total. The Morgan fingerprint density at radius 3 is 2.64 bits per heavy atom. The molecule has 3 aromatic rings. The first-order chi connectivity index (χ1) is 12.1. The molecule has 0 atom stereocenters. The number of nitrogens with zero attached hydrogens (tertiary/aromatic N) is 2. The molecule has 0 spiro atoms. The highest BCUT2D eigenvalue weighted by Crippen LogP contribution is 2.22. The van der Waals surface area contributed by atoms with E-state index in [0.717, 1.165) is 6.07 Å². The van der Waals surface area contributed by atoms with Gasteiger partial charge in [0.05, 0.1) is 12.1 Å². The number of hydrogen-bond donors (Lipinski definition) is 0. The summed E-state index contributed by atoms with van der Waals surface area (Å²) >= 11 is 5.81. The molecule has 0 saturated heterocycles. The Kier molecular flexibility index (Phi) is 4.95. The lowest BCUT2D eigenvalue weighted by Crippen LogP contribution is -2.08. The molecular weight excluding hydrogens is 351 g/mol. The molecule has 1 heterocycles. The number of methoxy groups -OCH3 is 1. The summed E-state index contributed by atoms with van der Waals surface area (Å²) in [5.41, 5.74) is 0.349. The van der Waals surface area contributed by atoms with Crippen molar-refractivity contribution < 1.29 is 23.1 Å². The van der Waals surface area contributed by atoms with E-state index < -0.39 is 11.8 Å². The average molecular weight is 363 g/mol. The van der Waals surface area contributed by atoms with Crippen LogP contribution >= 0.6 is 11.6 Å². The Bertz CT molecular complexity index is 876. The minimum Gasteiger partial charge on any atom is -0.497 e. The smallest absolute Gasteiger partial charge is 0.343 e. The van der Waals surface area contributed by atoms with Gasteiger partial charge in [0.2, 0.25) is 5.89 Å². The topological polar surface area (TPSA) is 74.5 Å². The van der Waals surface area contributed by atoms with E-state index in [2.05, 4.69) is 10.2 Å². The maximum atomic E-state index is 13.7. The molecule has 0 aliphatic carbocycles. The fraction of sp³-hybridized carbons (Fsp3) is 0.118. The number of halogens is 2. The fourth-order valence-corrected chi connectivity index (χ4v) is 2.29. The van der Waals surface area contributed by atoms with E-state index in [1.54, 1.807) is 31.4 Å². The maximum Gasteiger partial charge on any atom is 0.343 e. The van der Waals surface area contributed by atoms with E-state index >= 15 is 0 Å². The van der Waals surface area contributed by atoms with Crippen LogP contribution in [0, 0.1) is 5.82 Å². The zero-order valence-electron chi connectivity index (χ0n) is 13.0. The monoisotopic (exact) mass is 362 g/mol. The van der Waals surface area contributed by atoms with Gasteiger partial charge in [0.1, 0.15) is 17.1 Å². The molecule has 25 heavy (non-hydrogen) atoms. The second-order valence-corrected chi connectivity index (χ2v) is 5.31. The summed E-state index contributed by atoms with van der Waals surface area (Å²) in [6.07, 6.45) is 0. The number of carbonyl (C=O) groups excluding carboxylic acids is 1. The van der Waals surface area contributed by atoms with Gasteiger partial charge in [-0.25, -0.2) is 9.18 Å². The van der Waals surface area contributed by atoms with Crippen LogP contribution in [0.2, 0.25) is 5.02 Å². The van der Waals surface area contributed by atoms with E-state index in [1.807, 2.05) is 0 Å². The van der Waals surface area contributed by atoms with E-state index in [1.165, 1.54) is 12.1 Å². The molecule has 1 aromatic heterocycles. The molecule has 0 saturated carbocycles. The predicted molar refractivity (Wildman–Crippen MR) is 86.8 cm³/mol. The molecule has 3 rings (SSSR count). The van der Waals surface area contributed by atoms with E-state index in [-0.39, 0.29) is 29.0 Å². The van der Waals surface area contributed by atoms with Crippen LogP contribution in [0.4, 0.5) is 4.39 Å². The molecule has 0 amide bonds. The summed E-state index contributed by atoms with van der Waals surface area (Å²) in [5.74, 6) is -0.641. The summed E-state index contributed by atoms with van der Waals surface area (Å²) in [6, 6.07) is 10.9. The van der Waals surface area contributed by atoms with Gasteiger partial charge in [-0.15, -0.1) is 10.2 Å². The number of benzene rings is 2. The number of aromatic nitrogens is 2. The van der Waals surface area contributed by atoms with E-state index in [4.69, 9.17) is 25.5 Å². The van der Waals surface area contributed by atoms with Crippen LogP contribution in [-0.4, -0.2) is 23.3 Å². The summed E-state index contributed by atoms with van der Waals surface area (Å²) in [4.78, 5) is 12.0. The lowest BCUT2D eigenvalue weighted by Gasteiger charge is -2.05. The second-order valence-electron chi connectivity index (χ2n) is 4.90. The Labute approximate surface area is 147 Å². The van der Waals surface area contributed by atoms with Crippen LogP contribution in [0.3, 0.4) is 0 Å². The van der Waals surface area contributed by atoms with Crippen LogP contribution < -0.4 is 4.74 Å². The third kappa shape index (κ3) is 3.77. The molecule has 0 aliphatic rings. The van der Waals surface area contributed by atoms with Crippen molar-refractivity contribution in [2.24, 2.45) is 0 Å². The van der Waals surface area contributed by atoms with Crippen LogP contribution in [-0.2, 0) is 11.3 Å². The average Bonchev–Trinajstić information content (AvgIpc) is 3.09. The third-order valence-electron chi connectivity index (χ3n) is 3.30. The predicted octanol–water partition coefficient (Wildman–Crippen LogP) is 3.89. The minimum atomic E-state index is -0.910. The summed E-state index contributed by atoms with van der Waals surface area (Å²) in [5, 5.41) is 7.64. The first-order valence-electron chi connectivity index (χ1n) is 7.16.